The number of amides is 4. The molecule has 12 heteroatoms. The zero-order valence-electron chi connectivity index (χ0n) is 34.7. The molecule has 4 amide bonds. The van der Waals surface area contributed by atoms with Gasteiger partial charge in [0.1, 0.15) is 12.1 Å². The van der Waals surface area contributed by atoms with E-state index in [9.17, 15) is 19.2 Å². The van der Waals surface area contributed by atoms with Crippen molar-refractivity contribution >= 4 is 46.6 Å². The highest BCUT2D eigenvalue weighted by atomic mass is 16.5. The van der Waals surface area contributed by atoms with Crippen molar-refractivity contribution in [1.29, 1.82) is 0 Å². The smallest absolute Gasteiger partial charge is 0.407 e. The molecule has 0 spiro atoms. The van der Waals surface area contributed by atoms with E-state index in [4.69, 9.17) is 19.5 Å². The van der Waals surface area contributed by atoms with Crippen molar-refractivity contribution in [3.05, 3.63) is 96.4 Å². The number of carbonyl (C=O) groups excluding carboxylic acids is 4. The summed E-state index contributed by atoms with van der Waals surface area (Å²) in [5.41, 5.74) is 8.41. The van der Waals surface area contributed by atoms with Gasteiger partial charge >= 0.3 is 12.2 Å². The van der Waals surface area contributed by atoms with Crippen molar-refractivity contribution in [3.63, 3.8) is 0 Å². The van der Waals surface area contributed by atoms with Gasteiger partial charge in [0.25, 0.3) is 0 Å². The summed E-state index contributed by atoms with van der Waals surface area (Å²) in [5, 5.41) is 5.72. The minimum absolute atomic E-state index is 0.0790. The van der Waals surface area contributed by atoms with Crippen molar-refractivity contribution in [2.24, 2.45) is 21.8 Å². The van der Waals surface area contributed by atoms with Crippen LogP contribution >= 0.6 is 0 Å². The number of nitrogens with zero attached hydrogens (tertiary/aromatic N) is 4. The third-order valence-corrected chi connectivity index (χ3v) is 13.2. The molecule has 2 N–H and O–H groups in total. The van der Waals surface area contributed by atoms with E-state index in [0.29, 0.717) is 25.9 Å². The molecule has 0 saturated heterocycles. The van der Waals surface area contributed by atoms with Crippen LogP contribution in [0.1, 0.15) is 88.2 Å². The van der Waals surface area contributed by atoms with Crippen LogP contribution in [0.5, 0.6) is 0 Å². The van der Waals surface area contributed by atoms with Gasteiger partial charge in [-0.15, -0.1) is 0 Å². The maximum absolute atomic E-state index is 14.0. The Hall–Kier alpha value is -5.78. The van der Waals surface area contributed by atoms with Gasteiger partial charge in [-0.1, -0.05) is 111 Å². The van der Waals surface area contributed by atoms with E-state index in [0.717, 1.165) is 109 Å². The Morgan fingerprint density at radius 1 is 0.567 bits per heavy atom. The molecule has 2 fully saturated rings. The van der Waals surface area contributed by atoms with E-state index >= 15 is 0 Å². The summed E-state index contributed by atoms with van der Waals surface area (Å²) in [6, 6.07) is 15.3. The van der Waals surface area contributed by atoms with E-state index in [1.54, 1.807) is 0 Å². The summed E-state index contributed by atoms with van der Waals surface area (Å²) >= 11 is 0. The minimum atomic E-state index is -0.614. The van der Waals surface area contributed by atoms with Crippen LogP contribution in [0, 0.1) is 11.8 Å². The maximum atomic E-state index is 14.0. The maximum Gasteiger partial charge on any atom is 0.407 e. The molecule has 2 aromatic rings. The number of rotatable bonds is 11. The average molecular weight is 813 g/mol. The number of carbonyl (C=O) groups is 4. The molecule has 4 aliphatic heterocycles. The SMILES string of the molecule is COC(=O)N[C@H](C(=O)N1CC=C[C@H]1C1=NC=C(c2ccc(-c3ccc(C4=CN=C([C@@H]5C=CCN5C(=O)[C@@H](NC(=O)OC)C5CCCCC5)C4)cc3)cc2)C1)C1CCCCC1. The second-order valence-corrected chi connectivity index (χ2v) is 16.8. The molecule has 0 bridgehead atoms. The molecule has 0 radical (unpaired) electrons. The first kappa shape index (κ1) is 41.0. The molecule has 2 aromatic carbocycles. The van der Waals surface area contributed by atoms with Crippen LogP contribution in [0.15, 0.2) is 95.2 Å². The average Bonchev–Trinajstić information content (AvgIpc) is 4.15. The van der Waals surface area contributed by atoms with E-state index < -0.39 is 24.3 Å². The second-order valence-electron chi connectivity index (χ2n) is 16.8. The first-order valence-corrected chi connectivity index (χ1v) is 21.7. The van der Waals surface area contributed by atoms with Crippen molar-refractivity contribution in [2.45, 2.75) is 101 Å². The van der Waals surface area contributed by atoms with Gasteiger partial charge in [0.05, 0.1) is 26.3 Å². The highest BCUT2D eigenvalue weighted by Crippen LogP contribution is 2.35. The summed E-state index contributed by atoms with van der Waals surface area (Å²) in [6.45, 7) is 0.970. The molecule has 6 aliphatic rings. The monoisotopic (exact) mass is 812 g/mol. The molecule has 2 aliphatic carbocycles. The first-order valence-electron chi connectivity index (χ1n) is 21.7. The van der Waals surface area contributed by atoms with Crippen molar-refractivity contribution < 1.29 is 28.7 Å². The summed E-state index contributed by atoms with van der Waals surface area (Å²) in [6.07, 6.45) is 22.3. The number of ether oxygens (including phenoxy) is 2. The number of hydrogen-bond acceptors (Lipinski definition) is 8. The molecule has 12 nitrogen and oxygen atoms in total. The van der Waals surface area contributed by atoms with E-state index in [1.165, 1.54) is 14.2 Å². The van der Waals surface area contributed by atoms with E-state index in [-0.39, 0.29) is 35.7 Å². The standard InChI is InChI=1S/C48H56N6O6/c1-59-47(57)51-43(35-11-5-3-6-12-35)45(55)53-25-9-15-41(53)39-27-37(29-49-39)33-21-17-31(18-22-33)32-19-23-34(24-20-32)38-28-40(50-30-38)42-16-10-26-54(42)46(56)44(52-48(58)60-2)36-13-7-4-8-14-36/h9-10,15-24,29-30,35-36,41-44H,3-8,11-14,25-28H2,1-2H3,(H,51,57)(H,52,58)/t41-,42-,43-,44-/m0/s1. The highest BCUT2D eigenvalue weighted by Gasteiger charge is 2.40. The number of nitrogens with one attached hydrogen (secondary N) is 2. The van der Waals surface area contributed by atoms with Gasteiger partial charge < -0.3 is 29.9 Å². The zero-order chi connectivity index (χ0) is 41.6. The normalized spacial score (nSPS) is 22.8. The zero-order valence-corrected chi connectivity index (χ0v) is 34.7. The van der Waals surface area contributed by atoms with Gasteiger partial charge in [-0.05, 0) is 70.9 Å². The van der Waals surface area contributed by atoms with Crippen LogP contribution in [0.2, 0.25) is 0 Å². The molecule has 314 valence electrons. The number of methoxy groups -OCH3 is 2. The molecular formula is C48H56N6O6. The fourth-order valence-electron chi connectivity index (χ4n) is 9.87. The van der Waals surface area contributed by atoms with Gasteiger partial charge in [-0.2, -0.15) is 0 Å². The first-order chi connectivity index (χ1) is 29.3. The molecule has 4 atom stereocenters. The fourth-order valence-corrected chi connectivity index (χ4v) is 9.87. The van der Waals surface area contributed by atoms with Gasteiger partial charge in [0.2, 0.25) is 11.8 Å². The number of benzene rings is 2. The second kappa shape index (κ2) is 18.6. The Bertz CT molecular complexity index is 1970. The number of aliphatic imine (C=N–C) groups is 2. The van der Waals surface area contributed by atoms with Gasteiger partial charge in [-0.25, -0.2) is 9.59 Å². The van der Waals surface area contributed by atoms with Crippen LogP contribution in [0.25, 0.3) is 22.3 Å². The van der Waals surface area contributed by atoms with Gasteiger partial charge in [-0.3, -0.25) is 19.6 Å². The Balaban J connectivity index is 0.862. The van der Waals surface area contributed by atoms with Crippen LogP contribution < -0.4 is 10.6 Å². The molecule has 60 heavy (non-hydrogen) atoms. The van der Waals surface area contributed by atoms with Crippen molar-refractivity contribution in [2.75, 3.05) is 27.3 Å². The summed E-state index contributed by atoms with van der Waals surface area (Å²) in [7, 11) is 2.66. The van der Waals surface area contributed by atoms with Crippen LogP contribution in [0.3, 0.4) is 0 Å². The minimum Gasteiger partial charge on any atom is -0.453 e. The molecule has 0 aromatic heterocycles. The van der Waals surface area contributed by atoms with E-state index in [1.807, 2.05) is 46.5 Å². The fraction of sp³-hybridized carbons (Fsp3) is 0.458. The topological polar surface area (TPSA) is 142 Å². The lowest BCUT2D eigenvalue weighted by molar-refractivity contribution is -0.135. The van der Waals surface area contributed by atoms with Gasteiger partial charge in [0, 0.05) is 49.8 Å². The molecular weight excluding hydrogens is 757 g/mol. The third kappa shape index (κ3) is 8.88. The summed E-state index contributed by atoms with van der Waals surface area (Å²) in [4.78, 5) is 65.9. The molecule has 0 unspecified atom stereocenters. The lowest BCUT2D eigenvalue weighted by atomic mass is 9.83. The highest BCUT2D eigenvalue weighted by molar-refractivity contribution is 6.06. The van der Waals surface area contributed by atoms with Crippen molar-refractivity contribution in [1.82, 2.24) is 20.4 Å². The quantitative estimate of drug-likeness (QED) is 0.221. The van der Waals surface area contributed by atoms with Crippen LogP contribution in [-0.2, 0) is 19.1 Å². The Morgan fingerprint density at radius 2 is 0.933 bits per heavy atom. The predicted octanol–water partition coefficient (Wildman–Crippen LogP) is 7.87. The number of alkyl carbamates (subject to hydrolysis) is 2. The molecule has 2 saturated carbocycles. The predicted molar refractivity (Wildman–Crippen MR) is 233 cm³/mol. The Labute approximate surface area is 352 Å². The molecule has 8 rings (SSSR count). The van der Waals surface area contributed by atoms with E-state index in [2.05, 4.69) is 59.2 Å². The lowest BCUT2D eigenvalue weighted by Crippen LogP contribution is -2.55. The number of hydrogen-bond donors (Lipinski definition) is 2. The Morgan fingerprint density at radius 3 is 1.30 bits per heavy atom. The largest absolute Gasteiger partial charge is 0.453 e. The third-order valence-electron chi connectivity index (χ3n) is 13.2. The Kier molecular flexibility index (Phi) is 12.7. The molecule has 4 heterocycles. The lowest BCUT2D eigenvalue weighted by Gasteiger charge is -2.34. The summed E-state index contributed by atoms with van der Waals surface area (Å²) in [5.74, 6) is 0.0277. The number of allylic oxidation sites excluding steroid dienone is 2. The van der Waals surface area contributed by atoms with Gasteiger partial charge in [0.15, 0.2) is 0 Å². The van der Waals surface area contributed by atoms with Crippen LogP contribution in [0.4, 0.5) is 9.59 Å². The van der Waals surface area contributed by atoms with Crippen LogP contribution in [-0.4, -0.2) is 96.7 Å². The van der Waals surface area contributed by atoms with Crippen molar-refractivity contribution in [3.8, 4) is 11.1 Å². The summed E-state index contributed by atoms with van der Waals surface area (Å²) < 4.78 is 9.79.